The number of phosphoric ester groups is 1. The van der Waals surface area contributed by atoms with Crippen molar-refractivity contribution in [3.8, 4) is 11.8 Å². The summed E-state index contributed by atoms with van der Waals surface area (Å²) in [6, 6.07) is 17.5. The monoisotopic (exact) mass is 428 g/mol. The Hall–Kier alpha value is -2.22. The Labute approximate surface area is 179 Å². The minimum absolute atomic E-state index is 0.0916. The summed E-state index contributed by atoms with van der Waals surface area (Å²) in [5.74, 6) is 5.66. The summed E-state index contributed by atoms with van der Waals surface area (Å²) in [6.07, 6.45) is 0. The summed E-state index contributed by atoms with van der Waals surface area (Å²) >= 11 is 0. The van der Waals surface area contributed by atoms with Gasteiger partial charge in [-0.15, -0.1) is 0 Å². The fraction of sp³-hybridized carbons (Fsp3) is 0.375. The standard InChI is InChI=1S/C24H29O5P/c1-6-27-30(26,28-7-2)29-24(19-18-23(3,4)5,21-16-12-9-13-17-21)22(25)20-14-10-8-11-15-20/h8-17H,6-7H2,1-5H3. The van der Waals surface area contributed by atoms with E-state index in [1.807, 2.05) is 32.9 Å². The highest BCUT2D eigenvalue weighted by Gasteiger charge is 2.48. The molecule has 0 radical (unpaired) electrons. The van der Waals surface area contributed by atoms with Crippen LogP contribution in [0.15, 0.2) is 60.7 Å². The second-order valence-electron chi connectivity index (χ2n) is 7.62. The highest BCUT2D eigenvalue weighted by molar-refractivity contribution is 7.48. The summed E-state index contributed by atoms with van der Waals surface area (Å²) in [4.78, 5) is 13.8. The smallest absolute Gasteiger partial charge is 0.289 e. The molecule has 2 aromatic rings. The van der Waals surface area contributed by atoms with Gasteiger partial charge in [0.05, 0.1) is 13.2 Å². The number of ketones is 1. The third-order valence-electron chi connectivity index (χ3n) is 3.97. The van der Waals surface area contributed by atoms with Crippen LogP contribution in [0.5, 0.6) is 0 Å². The molecule has 160 valence electrons. The Kier molecular flexibility index (Phi) is 8.18. The molecular formula is C24H29O5P. The average Bonchev–Trinajstić information content (AvgIpc) is 2.72. The molecule has 1 atom stereocenters. The van der Waals surface area contributed by atoms with Crippen molar-refractivity contribution in [2.75, 3.05) is 13.2 Å². The lowest BCUT2D eigenvalue weighted by Crippen LogP contribution is -2.37. The van der Waals surface area contributed by atoms with Crippen LogP contribution in [0.1, 0.15) is 50.5 Å². The van der Waals surface area contributed by atoms with Gasteiger partial charge in [0, 0.05) is 16.5 Å². The van der Waals surface area contributed by atoms with Crippen molar-refractivity contribution in [1.82, 2.24) is 0 Å². The number of carbonyl (C=O) groups excluding carboxylic acids is 1. The van der Waals surface area contributed by atoms with Gasteiger partial charge >= 0.3 is 7.82 Å². The maximum absolute atomic E-state index is 13.8. The Bertz CT molecular complexity index is 928. The zero-order chi connectivity index (χ0) is 22.3. The predicted octanol–water partition coefficient (Wildman–Crippen LogP) is 6.01. The van der Waals surface area contributed by atoms with Crippen LogP contribution in [0.4, 0.5) is 0 Å². The highest BCUT2D eigenvalue weighted by Crippen LogP contribution is 2.55. The lowest BCUT2D eigenvalue weighted by molar-refractivity contribution is 0.0366. The number of hydrogen-bond donors (Lipinski definition) is 0. The second kappa shape index (κ2) is 10.2. The van der Waals surface area contributed by atoms with Crippen LogP contribution in [0.25, 0.3) is 0 Å². The molecule has 0 aliphatic carbocycles. The van der Waals surface area contributed by atoms with E-state index in [1.54, 1.807) is 62.4 Å². The highest BCUT2D eigenvalue weighted by atomic mass is 31.2. The van der Waals surface area contributed by atoms with Crippen molar-refractivity contribution in [2.45, 2.75) is 40.2 Å². The zero-order valence-electron chi connectivity index (χ0n) is 18.2. The maximum atomic E-state index is 13.8. The van der Waals surface area contributed by atoms with E-state index in [-0.39, 0.29) is 13.2 Å². The minimum atomic E-state index is -4.09. The van der Waals surface area contributed by atoms with Gasteiger partial charge in [-0.1, -0.05) is 72.5 Å². The molecule has 1 unspecified atom stereocenters. The molecule has 0 aromatic heterocycles. The fourth-order valence-electron chi connectivity index (χ4n) is 2.69. The average molecular weight is 428 g/mol. The normalized spacial score (nSPS) is 13.8. The molecule has 0 fully saturated rings. The molecule has 30 heavy (non-hydrogen) atoms. The molecule has 0 bridgehead atoms. The first-order valence-corrected chi connectivity index (χ1v) is 11.4. The van der Waals surface area contributed by atoms with Crippen molar-refractivity contribution in [2.24, 2.45) is 5.41 Å². The van der Waals surface area contributed by atoms with Crippen molar-refractivity contribution in [1.29, 1.82) is 0 Å². The van der Waals surface area contributed by atoms with Crippen molar-refractivity contribution < 1.29 is 22.9 Å². The number of benzene rings is 2. The van der Waals surface area contributed by atoms with Crippen LogP contribution in [-0.2, 0) is 23.7 Å². The van der Waals surface area contributed by atoms with Gasteiger partial charge in [0.1, 0.15) is 0 Å². The number of hydrogen-bond acceptors (Lipinski definition) is 5. The molecule has 0 N–H and O–H groups in total. The summed E-state index contributed by atoms with van der Waals surface area (Å²) in [6.45, 7) is 9.31. The summed E-state index contributed by atoms with van der Waals surface area (Å²) in [7, 11) is -4.09. The molecule has 0 amide bonds. The third kappa shape index (κ3) is 6.14. The van der Waals surface area contributed by atoms with Gasteiger partial charge in [0.2, 0.25) is 11.4 Å². The van der Waals surface area contributed by atoms with E-state index < -0.39 is 24.6 Å². The quantitative estimate of drug-likeness (QED) is 0.278. The Morgan fingerprint density at radius 3 is 1.83 bits per heavy atom. The molecule has 2 rings (SSSR count). The molecule has 2 aromatic carbocycles. The number of rotatable bonds is 9. The van der Waals surface area contributed by atoms with Gasteiger partial charge in [-0.05, 0) is 34.6 Å². The first-order chi connectivity index (χ1) is 14.2. The molecule has 0 spiro atoms. The minimum Gasteiger partial charge on any atom is -0.289 e. The van der Waals surface area contributed by atoms with Gasteiger partial charge in [-0.3, -0.25) is 18.4 Å². The summed E-state index contributed by atoms with van der Waals surface area (Å²) in [5, 5.41) is 0. The van der Waals surface area contributed by atoms with Gasteiger partial charge in [-0.2, -0.15) is 0 Å². The second-order valence-corrected chi connectivity index (χ2v) is 9.21. The molecule has 6 heteroatoms. The van der Waals surface area contributed by atoms with Gasteiger partial charge in [0.15, 0.2) is 0 Å². The molecular weight excluding hydrogens is 399 g/mol. The third-order valence-corrected chi connectivity index (χ3v) is 5.62. The first kappa shape index (κ1) is 24.1. The SMILES string of the molecule is CCOP(=O)(OCC)OC(C#CC(C)(C)C)(C(=O)c1ccccc1)c1ccccc1. The Balaban J connectivity index is 2.79. The number of carbonyl (C=O) groups is 1. The zero-order valence-corrected chi connectivity index (χ0v) is 19.1. The van der Waals surface area contributed by atoms with Crippen molar-refractivity contribution >= 4 is 13.6 Å². The Morgan fingerprint density at radius 1 is 0.867 bits per heavy atom. The molecule has 0 heterocycles. The van der Waals surface area contributed by atoms with Gasteiger partial charge in [0.25, 0.3) is 0 Å². The molecule has 0 aliphatic rings. The van der Waals surface area contributed by atoms with Crippen molar-refractivity contribution in [3.05, 3.63) is 71.8 Å². The van der Waals surface area contributed by atoms with E-state index in [2.05, 4.69) is 11.8 Å². The maximum Gasteiger partial charge on any atom is 0.476 e. The van der Waals surface area contributed by atoms with Crippen LogP contribution in [0, 0.1) is 17.3 Å². The number of Topliss-reactive ketones (excluding diaryl/α,β-unsaturated/α-hetero) is 1. The van der Waals surface area contributed by atoms with E-state index in [1.165, 1.54) is 0 Å². The van der Waals surface area contributed by atoms with E-state index in [0.717, 1.165) is 0 Å². The van der Waals surface area contributed by atoms with E-state index in [4.69, 9.17) is 13.6 Å². The van der Waals surface area contributed by atoms with Gasteiger partial charge < -0.3 is 0 Å². The molecule has 0 aliphatic heterocycles. The Morgan fingerprint density at radius 2 is 1.37 bits per heavy atom. The summed E-state index contributed by atoms with van der Waals surface area (Å²) < 4.78 is 30.1. The van der Waals surface area contributed by atoms with Crippen LogP contribution in [0.3, 0.4) is 0 Å². The lowest BCUT2D eigenvalue weighted by atomic mass is 9.85. The van der Waals surface area contributed by atoms with E-state index >= 15 is 0 Å². The van der Waals surface area contributed by atoms with Gasteiger partial charge in [-0.25, -0.2) is 4.57 Å². The van der Waals surface area contributed by atoms with Crippen LogP contribution in [0.2, 0.25) is 0 Å². The number of phosphoric acid groups is 1. The van der Waals surface area contributed by atoms with Crippen LogP contribution >= 0.6 is 7.82 Å². The molecule has 0 saturated carbocycles. The topological polar surface area (TPSA) is 61.8 Å². The van der Waals surface area contributed by atoms with E-state index in [9.17, 15) is 9.36 Å². The van der Waals surface area contributed by atoms with Crippen LogP contribution in [-0.4, -0.2) is 19.0 Å². The summed E-state index contributed by atoms with van der Waals surface area (Å²) in [5.41, 5.74) is -1.46. The molecule has 0 saturated heterocycles. The van der Waals surface area contributed by atoms with Crippen molar-refractivity contribution in [3.63, 3.8) is 0 Å². The first-order valence-electron chi connectivity index (χ1n) is 9.95. The lowest BCUT2D eigenvalue weighted by Gasteiger charge is -2.31. The largest absolute Gasteiger partial charge is 0.476 e. The van der Waals surface area contributed by atoms with Crippen LogP contribution < -0.4 is 0 Å². The van der Waals surface area contributed by atoms with E-state index in [0.29, 0.717) is 11.1 Å². The molecule has 5 nitrogen and oxygen atoms in total. The predicted molar refractivity (Wildman–Crippen MR) is 118 cm³/mol. The fourth-order valence-corrected chi connectivity index (χ4v) is 4.07.